The normalized spacial score (nSPS) is 22.7. The maximum absolute atomic E-state index is 12.8. The molecule has 1 fully saturated rings. The molecule has 1 aromatic rings. The molecule has 3 aliphatic rings. The van der Waals surface area contributed by atoms with Crippen LogP contribution >= 0.6 is 0 Å². The zero-order chi connectivity index (χ0) is 16.0. The van der Waals surface area contributed by atoms with Crippen molar-refractivity contribution in [1.82, 2.24) is 20.4 Å². The number of guanidine groups is 1. The molecule has 0 atom stereocenters. The van der Waals surface area contributed by atoms with Crippen molar-refractivity contribution in [3.8, 4) is 0 Å². The molecule has 2 amide bonds. The molecule has 8 nitrogen and oxygen atoms in total. The zero-order valence-electron chi connectivity index (χ0n) is 12.9. The largest absolute Gasteiger partial charge is 0.370 e. The van der Waals surface area contributed by atoms with E-state index < -0.39 is 5.54 Å². The van der Waals surface area contributed by atoms with Gasteiger partial charge in [-0.15, -0.1) is 0 Å². The number of H-pyrrole nitrogens is 1. The number of aliphatic imine (C=N–C) groups is 1. The van der Waals surface area contributed by atoms with Crippen LogP contribution in [-0.2, 0) is 17.6 Å². The highest BCUT2D eigenvalue weighted by Crippen LogP contribution is 2.31. The number of likely N-dealkylation sites (tertiary alicyclic amines) is 1. The number of fused-ring (bicyclic) bond motifs is 1. The predicted octanol–water partition coefficient (Wildman–Crippen LogP) is -0.292. The standard InChI is InChI=1S/C15H20N6O2/c16-14-17-13(23)15(18-14)5-7-21(8-6-15)12(22)11-9-3-1-2-4-10(9)19-20-11/h1-8H2,(H,19,20)(H3,16,17,18,23). The lowest BCUT2D eigenvalue weighted by molar-refractivity contribution is -0.125. The predicted molar refractivity (Wildman–Crippen MR) is 82.9 cm³/mol. The second-order valence-corrected chi connectivity index (χ2v) is 6.51. The number of aryl methyl sites for hydroxylation is 1. The number of aromatic amines is 1. The van der Waals surface area contributed by atoms with Crippen LogP contribution in [0.15, 0.2) is 4.99 Å². The third kappa shape index (κ3) is 2.20. The van der Waals surface area contributed by atoms with Gasteiger partial charge in [0.25, 0.3) is 11.8 Å². The molecule has 8 heteroatoms. The molecule has 4 N–H and O–H groups in total. The molecule has 122 valence electrons. The summed E-state index contributed by atoms with van der Waals surface area (Å²) in [5.41, 5.74) is 7.54. The Hall–Kier alpha value is -2.38. The summed E-state index contributed by atoms with van der Waals surface area (Å²) in [6.07, 6.45) is 5.12. The van der Waals surface area contributed by atoms with Crippen molar-refractivity contribution in [1.29, 1.82) is 0 Å². The third-order valence-electron chi connectivity index (χ3n) is 5.14. The SMILES string of the molecule is NC1=NC2(CCN(C(=O)c3n[nH]c4c3CCCC4)CC2)C(=O)N1. The number of aromatic nitrogens is 2. The van der Waals surface area contributed by atoms with Gasteiger partial charge >= 0.3 is 0 Å². The van der Waals surface area contributed by atoms with Crippen LogP contribution in [0.3, 0.4) is 0 Å². The lowest BCUT2D eigenvalue weighted by Gasteiger charge is -2.35. The number of carbonyl (C=O) groups excluding carboxylic acids is 2. The van der Waals surface area contributed by atoms with Gasteiger partial charge in [0.15, 0.2) is 11.7 Å². The molecule has 2 aliphatic heterocycles. The van der Waals surface area contributed by atoms with Crippen LogP contribution in [-0.4, -0.2) is 51.5 Å². The Labute approximate surface area is 133 Å². The van der Waals surface area contributed by atoms with Gasteiger partial charge in [-0.25, -0.2) is 4.99 Å². The molecule has 1 aromatic heterocycles. The van der Waals surface area contributed by atoms with E-state index in [1.807, 2.05) is 0 Å². The highest BCUT2D eigenvalue weighted by molar-refractivity contribution is 6.07. The molecule has 0 saturated carbocycles. The average molecular weight is 316 g/mol. The number of nitrogens with two attached hydrogens (primary N) is 1. The number of hydrogen-bond acceptors (Lipinski definition) is 5. The summed E-state index contributed by atoms with van der Waals surface area (Å²) < 4.78 is 0. The van der Waals surface area contributed by atoms with Gasteiger partial charge in [0.2, 0.25) is 0 Å². The molecule has 1 aliphatic carbocycles. The first-order valence-corrected chi connectivity index (χ1v) is 8.11. The lowest BCUT2D eigenvalue weighted by Crippen LogP contribution is -2.50. The topological polar surface area (TPSA) is 116 Å². The number of rotatable bonds is 1. The van der Waals surface area contributed by atoms with E-state index in [1.165, 1.54) is 0 Å². The minimum absolute atomic E-state index is 0.0467. The second-order valence-electron chi connectivity index (χ2n) is 6.51. The van der Waals surface area contributed by atoms with Crippen molar-refractivity contribution in [2.45, 2.75) is 44.1 Å². The van der Waals surface area contributed by atoms with Crippen molar-refractivity contribution in [2.24, 2.45) is 10.7 Å². The van der Waals surface area contributed by atoms with E-state index in [0.717, 1.165) is 36.9 Å². The summed E-state index contributed by atoms with van der Waals surface area (Å²) in [4.78, 5) is 30.8. The summed E-state index contributed by atoms with van der Waals surface area (Å²) in [7, 11) is 0. The van der Waals surface area contributed by atoms with Crippen LogP contribution in [0.4, 0.5) is 0 Å². The van der Waals surface area contributed by atoms with Crippen LogP contribution in [0.25, 0.3) is 0 Å². The molecular formula is C15H20N6O2. The molecule has 1 spiro atoms. The number of carbonyl (C=O) groups is 2. The molecule has 23 heavy (non-hydrogen) atoms. The average Bonchev–Trinajstić information content (AvgIpc) is 3.09. The Balaban J connectivity index is 1.50. The van der Waals surface area contributed by atoms with Gasteiger partial charge in [-0.1, -0.05) is 0 Å². The van der Waals surface area contributed by atoms with Crippen molar-refractivity contribution >= 4 is 17.8 Å². The zero-order valence-corrected chi connectivity index (χ0v) is 12.9. The molecule has 0 bridgehead atoms. The molecule has 0 radical (unpaired) electrons. The van der Waals surface area contributed by atoms with E-state index in [4.69, 9.17) is 5.73 Å². The van der Waals surface area contributed by atoms with Gasteiger partial charge in [0, 0.05) is 24.3 Å². The quantitative estimate of drug-likeness (QED) is 0.660. The Morgan fingerprint density at radius 2 is 1.96 bits per heavy atom. The smallest absolute Gasteiger partial charge is 0.274 e. The minimum atomic E-state index is -0.786. The van der Waals surface area contributed by atoms with Crippen LogP contribution in [0.5, 0.6) is 0 Å². The Bertz CT molecular complexity index is 699. The molecule has 0 aromatic carbocycles. The van der Waals surface area contributed by atoms with E-state index in [0.29, 0.717) is 31.6 Å². The van der Waals surface area contributed by atoms with Crippen molar-refractivity contribution in [3.63, 3.8) is 0 Å². The Kier molecular flexibility index (Phi) is 3.14. The lowest BCUT2D eigenvalue weighted by atomic mass is 9.87. The Morgan fingerprint density at radius 3 is 2.65 bits per heavy atom. The summed E-state index contributed by atoms with van der Waals surface area (Å²) >= 11 is 0. The first kappa shape index (κ1) is 14.2. The maximum Gasteiger partial charge on any atom is 0.274 e. The number of nitrogens with zero attached hydrogens (tertiary/aromatic N) is 3. The highest BCUT2D eigenvalue weighted by Gasteiger charge is 2.46. The summed E-state index contributed by atoms with van der Waals surface area (Å²) in [6, 6.07) is 0. The van der Waals surface area contributed by atoms with Crippen LogP contribution in [0, 0.1) is 0 Å². The summed E-state index contributed by atoms with van der Waals surface area (Å²) in [6.45, 7) is 0.981. The van der Waals surface area contributed by atoms with E-state index in [2.05, 4.69) is 20.5 Å². The molecular weight excluding hydrogens is 296 g/mol. The van der Waals surface area contributed by atoms with Crippen molar-refractivity contribution in [2.75, 3.05) is 13.1 Å². The first-order valence-electron chi connectivity index (χ1n) is 8.11. The van der Waals surface area contributed by atoms with Crippen molar-refractivity contribution < 1.29 is 9.59 Å². The van der Waals surface area contributed by atoms with E-state index in [1.54, 1.807) is 4.90 Å². The van der Waals surface area contributed by atoms with Crippen LogP contribution < -0.4 is 11.1 Å². The van der Waals surface area contributed by atoms with E-state index >= 15 is 0 Å². The first-order chi connectivity index (χ1) is 11.1. The van der Waals surface area contributed by atoms with E-state index in [-0.39, 0.29) is 17.8 Å². The maximum atomic E-state index is 12.8. The van der Waals surface area contributed by atoms with Gasteiger partial charge in [-0.05, 0) is 38.5 Å². The summed E-state index contributed by atoms with van der Waals surface area (Å²) in [5.74, 6) is -0.0231. The fraction of sp³-hybridized carbons (Fsp3) is 0.600. The van der Waals surface area contributed by atoms with Crippen molar-refractivity contribution in [3.05, 3.63) is 17.0 Å². The molecule has 1 saturated heterocycles. The number of amides is 2. The third-order valence-corrected chi connectivity index (χ3v) is 5.14. The molecule has 3 heterocycles. The van der Waals surface area contributed by atoms with Gasteiger partial charge in [-0.3, -0.25) is 20.0 Å². The fourth-order valence-electron chi connectivity index (χ4n) is 3.77. The van der Waals surface area contributed by atoms with Gasteiger partial charge in [-0.2, -0.15) is 5.10 Å². The summed E-state index contributed by atoms with van der Waals surface area (Å²) in [5, 5.41) is 9.81. The fourth-order valence-corrected chi connectivity index (χ4v) is 3.77. The number of hydrogen-bond donors (Lipinski definition) is 3. The Morgan fingerprint density at radius 1 is 1.22 bits per heavy atom. The van der Waals surface area contributed by atoms with E-state index in [9.17, 15) is 9.59 Å². The van der Waals surface area contributed by atoms with Gasteiger partial charge in [0.1, 0.15) is 5.54 Å². The van der Waals surface area contributed by atoms with Gasteiger partial charge < -0.3 is 10.6 Å². The number of piperidine rings is 1. The molecule has 0 unspecified atom stereocenters. The molecule has 4 rings (SSSR count). The second kappa shape index (κ2) is 5.07. The van der Waals surface area contributed by atoms with Gasteiger partial charge in [0.05, 0.1) is 0 Å². The minimum Gasteiger partial charge on any atom is -0.370 e. The monoisotopic (exact) mass is 316 g/mol. The number of nitrogens with one attached hydrogen (secondary N) is 2. The highest BCUT2D eigenvalue weighted by atomic mass is 16.2. The van der Waals surface area contributed by atoms with Crippen LogP contribution in [0.1, 0.15) is 47.4 Å². The van der Waals surface area contributed by atoms with Crippen LogP contribution in [0.2, 0.25) is 0 Å².